The van der Waals surface area contributed by atoms with E-state index in [4.69, 9.17) is 11.6 Å². The first-order valence-electron chi connectivity index (χ1n) is 7.08. The third-order valence-electron chi connectivity index (χ3n) is 3.63. The second-order valence-corrected chi connectivity index (χ2v) is 5.26. The lowest BCUT2D eigenvalue weighted by Gasteiger charge is -2.30. The maximum atomic E-state index is 12.8. The van der Waals surface area contributed by atoms with Crippen LogP contribution in [0.1, 0.15) is 42.6 Å². The number of nitrogens with zero attached hydrogens (tertiary/aromatic N) is 2. The molecule has 0 fully saturated rings. The van der Waals surface area contributed by atoms with Crippen LogP contribution in [-0.2, 0) is 0 Å². The van der Waals surface area contributed by atoms with Crippen LogP contribution in [0.25, 0.3) is 0 Å². The normalized spacial score (nSPS) is 10.7. The highest BCUT2D eigenvalue weighted by molar-refractivity contribution is 6.18. The third-order valence-corrected chi connectivity index (χ3v) is 3.80. The topological polar surface area (TPSA) is 63.5 Å². The molecule has 0 aliphatic rings. The van der Waals surface area contributed by atoms with Gasteiger partial charge in [-0.3, -0.25) is 14.9 Å². The molecule has 116 valence electrons. The number of nitro benzene ring substituents is 1. The molecule has 0 N–H and O–H groups in total. The van der Waals surface area contributed by atoms with Crippen molar-refractivity contribution in [1.82, 2.24) is 4.90 Å². The number of hydrogen-bond donors (Lipinski definition) is 0. The van der Waals surface area contributed by atoms with Crippen molar-refractivity contribution >= 4 is 23.2 Å². The van der Waals surface area contributed by atoms with Crippen molar-refractivity contribution in [2.75, 3.05) is 12.4 Å². The van der Waals surface area contributed by atoms with Crippen molar-refractivity contribution in [3.05, 3.63) is 39.4 Å². The Morgan fingerprint density at radius 3 is 2.48 bits per heavy atom. The third kappa shape index (κ3) is 3.94. The molecule has 0 aliphatic heterocycles. The molecule has 6 heteroatoms. The lowest BCUT2D eigenvalue weighted by atomic mass is 10.0. The number of hydrogen-bond acceptors (Lipinski definition) is 3. The first-order chi connectivity index (χ1) is 9.97. The molecule has 0 aliphatic carbocycles. The van der Waals surface area contributed by atoms with Crippen molar-refractivity contribution in [2.45, 2.75) is 39.7 Å². The smallest absolute Gasteiger partial charge is 0.282 e. The van der Waals surface area contributed by atoms with Crippen molar-refractivity contribution < 1.29 is 9.72 Å². The molecule has 1 amide bonds. The quantitative estimate of drug-likeness (QED) is 0.437. The standard InChI is InChI=1S/C15H21ClN2O3/c1-4-12(5-2)17(10-9-16)15(19)14-11(3)7-6-8-13(14)18(20)21/h6-8,12H,4-5,9-10H2,1-3H3. The molecule has 0 aromatic heterocycles. The second kappa shape index (κ2) is 7.98. The van der Waals surface area contributed by atoms with Crippen LogP contribution in [0, 0.1) is 17.0 Å². The second-order valence-electron chi connectivity index (χ2n) is 4.88. The molecule has 0 radical (unpaired) electrons. The van der Waals surface area contributed by atoms with Gasteiger partial charge < -0.3 is 4.90 Å². The zero-order valence-electron chi connectivity index (χ0n) is 12.6. The van der Waals surface area contributed by atoms with E-state index >= 15 is 0 Å². The van der Waals surface area contributed by atoms with Gasteiger partial charge in [0.1, 0.15) is 5.56 Å². The Bertz CT molecular complexity index is 516. The molecule has 0 bridgehead atoms. The number of nitro groups is 1. The SMILES string of the molecule is CCC(CC)N(CCCl)C(=O)c1c(C)cccc1[N+](=O)[O-]. The highest BCUT2D eigenvalue weighted by atomic mass is 35.5. The zero-order chi connectivity index (χ0) is 16.0. The Labute approximate surface area is 130 Å². The van der Waals surface area contributed by atoms with Crippen LogP contribution in [0.2, 0.25) is 0 Å². The largest absolute Gasteiger partial charge is 0.334 e. The summed E-state index contributed by atoms with van der Waals surface area (Å²) in [6, 6.07) is 4.71. The van der Waals surface area contributed by atoms with Gasteiger partial charge >= 0.3 is 0 Å². The maximum Gasteiger partial charge on any atom is 0.282 e. The Morgan fingerprint density at radius 1 is 1.38 bits per heavy atom. The summed E-state index contributed by atoms with van der Waals surface area (Å²) in [4.78, 5) is 25.1. The van der Waals surface area contributed by atoms with Gasteiger partial charge in [0.2, 0.25) is 0 Å². The summed E-state index contributed by atoms with van der Waals surface area (Å²) in [7, 11) is 0. The number of aryl methyl sites for hydroxylation is 1. The highest BCUT2D eigenvalue weighted by Crippen LogP contribution is 2.25. The lowest BCUT2D eigenvalue weighted by molar-refractivity contribution is -0.385. The van der Waals surface area contributed by atoms with Gasteiger partial charge in [0, 0.05) is 24.5 Å². The van der Waals surface area contributed by atoms with Crippen LogP contribution < -0.4 is 0 Å². The van der Waals surface area contributed by atoms with Gasteiger partial charge in [-0.05, 0) is 25.3 Å². The van der Waals surface area contributed by atoms with Gasteiger partial charge in [-0.15, -0.1) is 11.6 Å². The Balaban J connectivity index is 3.29. The van der Waals surface area contributed by atoms with Gasteiger partial charge in [-0.1, -0.05) is 26.0 Å². The number of carbonyl (C=O) groups is 1. The molecule has 0 spiro atoms. The van der Waals surface area contributed by atoms with Crippen molar-refractivity contribution in [3.8, 4) is 0 Å². The van der Waals surface area contributed by atoms with Crippen molar-refractivity contribution in [3.63, 3.8) is 0 Å². The fourth-order valence-electron chi connectivity index (χ4n) is 2.50. The van der Waals surface area contributed by atoms with Crippen LogP contribution in [-0.4, -0.2) is 34.2 Å². The summed E-state index contributed by atoms with van der Waals surface area (Å²) < 4.78 is 0. The summed E-state index contributed by atoms with van der Waals surface area (Å²) in [5, 5.41) is 11.2. The van der Waals surface area contributed by atoms with Crippen LogP contribution >= 0.6 is 11.6 Å². The number of amides is 1. The van der Waals surface area contributed by atoms with Crippen LogP contribution in [0.15, 0.2) is 18.2 Å². The number of carbonyl (C=O) groups excluding carboxylic acids is 1. The zero-order valence-corrected chi connectivity index (χ0v) is 13.4. The summed E-state index contributed by atoms with van der Waals surface area (Å²) in [6.45, 7) is 6.09. The average molecular weight is 313 g/mol. The molecule has 0 atom stereocenters. The lowest BCUT2D eigenvalue weighted by Crippen LogP contribution is -2.41. The van der Waals surface area contributed by atoms with E-state index in [0.717, 1.165) is 12.8 Å². The van der Waals surface area contributed by atoms with E-state index in [9.17, 15) is 14.9 Å². The monoisotopic (exact) mass is 312 g/mol. The first kappa shape index (κ1) is 17.4. The van der Waals surface area contributed by atoms with E-state index in [2.05, 4.69) is 0 Å². The number of benzene rings is 1. The molecule has 0 saturated carbocycles. The first-order valence-corrected chi connectivity index (χ1v) is 7.62. The number of rotatable bonds is 7. The molecule has 1 rings (SSSR count). The minimum atomic E-state index is -0.508. The molecule has 1 aromatic carbocycles. The number of halogens is 1. The van der Waals surface area contributed by atoms with E-state index in [1.165, 1.54) is 6.07 Å². The molecule has 21 heavy (non-hydrogen) atoms. The fourth-order valence-corrected chi connectivity index (χ4v) is 2.68. The van der Waals surface area contributed by atoms with E-state index in [-0.39, 0.29) is 23.2 Å². The molecule has 0 unspecified atom stereocenters. The van der Waals surface area contributed by atoms with Crippen LogP contribution in [0.4, 0.5) is 5.69 Å². The van der Waals surface area contributed by atoms with E-state index in [0.29, 0.717) is 18.0 Å². The number of alkyl halides is 1. The van der Waals surface area contributed by atoms with Crippen molar-refractivity contribution in [2.24, 2.45) is 0 Å². The summed E-state index contributed by atoms with van der Waals surface area (Å²) in [6.07, 6.45) is 1.58. The summed E-state index contributed by atoms with van der Waals surface area (Å²) in [5.74, 6) is -0.00351. The molecule has 1 aromatic rings. The van der Waals surface area contributed by atoms with Crippen molar-refractivity contribution in [1.29, 1.82) is 0 Å². The Kier molecular flexibility index (Phi) is 6.62. The predicted octanol–water partition coefficient (Wildman–Crippen LogP) is 3.77. The maximum absolute atomic E-state index is 12.8. The average Bonchev–Trinajstić information content (AvgIpc) is 2.46. The van der Waals surface area contributed by atoms with E-state index < -0.39 is 4.92 Å². The minimum absolute atomic E-state index is 0.0375. The summed E-state index contributed by atoms with van der Waals surface area (Å²) in [5.41, 5.74) is 0.629. The Morgan fingerprint density at radius 2 is 2.00 bits per heavy atom. The minimum Gasteiger partial charge on any atom is -0.334 e. The van der Waals surface area contributed by atoms with Gasteiger partial charge in [-0.2, -0.15) is 0 Å². The van der Waals surface area contributed by atoms with Gasteiger partial charge in [0.25, 0.3) is 11.6 Å². The molecule has 0 saturated heterocycles. The molecule has 5 nitrogen and oxygen atoms in total. The van der Waals surface area contributed by atoms with Crippen LogP contribution in [0.5, 0.6) is 0 Å². The molecular formula is C15H21ClN2O3. The van der Waals surface area contributed by atoms with E-state index in [1.54, 1.807) is 24.0 Å². The molecular weight excluding hydrogens is 292 g/mol. The van der Waals surface area contributed by atoms with E-state index in [1.807, 2.05) is 13.8 Å². The van der Waals surface area contributed by atoms with Gasteiger partial charge in [0.05, 0.1) is 4.92 Å². The Hall–Kier alpha value is -1.62. The summed E-state index contributed by atoms with van der Waals surface area (Å²) >= 11 is 5.80. The van der Waals surface area contributed by atoms with Crippen LogP contribution in [0.3, 0.4) is 0 Å². The molecule has 0 heterocycles. The van der Waals surface area contributed by atoms with Gasteiger partial charge in [-0.25, -0.2) is 0 Å². The predicted molar refractivity (Wildman–Crippen MR) is 84.0 cm³/mol. The highest BCUT2D eigenvalue weighted by Gasteiger charge is 2.29. The van der Waals surface area contributed by atoms with Gasteiger partial charge in [0.15, 0.2) is 0 Å². The fraction of sp³-hybridized carbons (Fsp3) is 0.533.